The highest BCUT2D eigenvalue weighted by Crippen LogP contribution is 2.22. The highest BCUT2D eigenvalue weighted by Gasteiger charge is 2.20. The number of nitrogens with zero attached hydrogens (tertiary/aromatic N) is 2. The number of carbonyl (C=O) groups excluding carboxylic acids is 2. The lowest BCUT2D eigenvalue weighted by Gasteiger charge is -2.25. The quantitative estimate of drug-likeness (QED) is 0.886. The van der Waals surface area contributed by atoms with Crippen molar-refractivity contribution >= 4 is 28.3 Å². The van der Waals surface area contributed by atoms with Crippen molar-refractivity contribution in [2.75, 3.05) is 18.4 Å². The molecule has 0 unspecified atom stereocenters. The Kier molecular flexibility index (Phi) is 5.37. The summed E-state index contributed by atoms with van der Waals surface area (Å²) in [5.74, 6) is -2.06. The first-order valence-corrected chi connectivity index (χ1v) is 8.79. The lowest BCUT2D eigenvalue weighted by atomic mass is 10.1. The van der Waals surface area contributed by atoms with Gasteiger partial charge in [-0.1, -0.05) is 6.07 Å². The lowest BCUT2D eigenvalue weighted by Crippen LogP contribution is -2.40. The number of hydrogen-bond donors (Lipinski definition) is 1. The molecule has 0 saturated carbocycles. The monoisotopic (exact) mass is 365 g/mol. The van der Waals surface area contributed by atoms with Crippen LogP contribution in [0, 0.1) is 11.6 Å². The third-order valence-electron chi connectivity index (χ3n) is 3.92. The molecule has 1 N–H and O–H groups in total. The Morgan fingerprint density at radius 1 is 1.28 bits per heavy atom. The van der Waals surface area contributed by atoms with Crippen LogP contribution in [0.3, 0.4) is 0 Å². The summed E-state index contributed by atoms with van der Waals surface area (Å²) in [6.45, 7) is 0.627. The predicted molar refractivity (Wildman–Crippen MR) is 90.3 cm³/mol. The molecule has 0 spiro atoms. The first-order chi connectivity index (χ1) is 12.0. The number of benzene rings is 1. The minimum atomic E-state index is -0.887. The molecule has 0 bridgehead atoms. The number of piperidine rings is 1. The molecule has 2 heterocycles. The third kappa shape index (κ3) is 4.60. The van der Waals surface area contributed by atoms with E-state index in [9.17, 15) is 18.4 Å². The summed E-state index contributed by atoms with van der Waals surface area (Å²) in [6, 6.07) is 3.75. The van der Waals surface area contributed by atoms with E-state index in [0.717, 1.165) is 29.9 Å². The molecule has 132 valence electrons. The molecule has 1 aliphatic rings. The van der Waals surface area contributed by atoms with E-state index in [1.54, 1.807) is 11.1 Å². The molecule has 2 amide bonds. The number of likely N-dealkylation sites (tertiary alicyclic amines) is 1. The summed E-state index contributed by atoms with van der Waals surface area (Å²) in [4.78, 5) is 30.2. The number of halogens is 2. The number of nitrogens with one attached hydrogen (secondary N) is 1. The van der Waals surface area contributed by atoms with Gasteiger partial charge in [0.05, 0.1) is 6.54 Å². The Balaban J connectivity index is 1.56. The Labute approximate surface area is 147 Å². The summed E-state index contributed by atoms with van der Waals surface area (Å²) in [5.41, 5.74) is 0.624. The molecule has 25 heavy (non-hydrogen) atoms. The second-order valence-electron chi connectivity index (χ2n) is 5.88. The van der Waals surface area contributed by atoms with Gasteiger partial charge >= 0.3 is 0 Å². The molecule has 8 heteroatoms. The summed E-state index contributed by atoms with van der Waals surface area (Å²) < 4.78 is 26.2. The van der Waals surface area contributed by atoms with Crippen LogP contribution in [0.15, 0.2) is 24.4 Å². The standard InChI is InChI=1S/C17H17F2N3O2S/c18-13-5-4-11(8-14(13)19)7-12-9-20-17(25-12)21-15(23)10-22-6-2-1-3-16(22)24/h4-5,8-9H,1-3,6-7,10H2,(H,20,21,23). The lowest BCUT2D eigenvalue weighted by molar-refractivity contribution is -0.136. The van der Waals surface area contributed by atoms with Crippen molar-refractivity contribution in [2.24, 2.45) is 0 Å². The van der Waals surface area contributed by atoms with E-state index in [1.807, 2.05) is 0 Å². The largest absolute Gasteiger partial charge is 0.333 e. The van der Waals surface area contributed by atoms with Crippen LogP contribution in [-0.4, -0.2) is 34.8 Å². The molecule has 3 rings (SSSR count). The molecule has 0 atom stereocenters. The van der Waals surface area contributed by atoms with Crippen molar-refractivity contribution in [1.29, 1.82) is 0 Å². The molecular weight excluding hydrogens is 348 g/mol. The maximum Gasteiger partial charge on any atom is 0.245 e. The van der Waals surface area contributed by atoms with Crippen LogP contribution >= 0.6 is 11.3 Å². The SMILES string of the molecule is O=C(CN1CCCCC1=O)Nc1ncc(Cc2ccc(F)c(F)c2)s1. The van der Waals surface area contributed by atoms with Crippen LogP contribution < -0.4 is 5.32 Å². The van der Waals surface area contributed by atoms with Gasteiger partial charge in [0, 0.05) is 30.5 Å². The number of thiazole rings is 1. The zero-order valence-corrected chi connectivity index (χ0v) is 14.2. The molecule has 1 aromatic carbocycles. The van der Waals surface area contributed by atoms with Gasteiger partial charge in [-0.15, -0.1) is 11.3 Å². The molecule has 5 nitrogen and oxygen atoms in total. The summed E-state index contributed by atoms with van der Waals surface area (Å²) in [7, 11) is 0. The van der Waals surface area contributed by atoms with Crippen LogP contribution in [0.2, 0.25) is 0 Å². The van der Waals surface area contributed by atoms with Gasteiger partial charge in [-0.25, -0.2) is 13.8 Å². The predicted octanol–water partition coefficient (Wildman–Crippen LogP) is 2.96. The first kappa shape index (κ1) is 17.5. The normalized spacial score (nSPS) is 14.6. The van der Waals surface area contributed by atoms with Crippen molar-refractivity contribution in [1.82, 2.24) is 9.88 Å². The fourth-order valence-corrected chi connectivity index (χ4v) is 3.52. The Hall–Kier alpha value is -2.35. The van der Waals surface area contributed by atoms with Gasteiger partial charge in [-0.3, -0.25) is 9.59 Å². The van der Waals surface area contributed by atoms with E-state index in [4.69, 9.17) is 0 Å². The first-order valence-electron chi connectivity index (χ1n) is 7.97. The van der Waals surface area contributed by atoms with Crippen molar-refractivity contribution in [3.63, 3.8) is 0 Å². The van der Waals surface area contributed by atoms with Crippen molar-refractivity contribution in [3.8, 4) is 0 Å². The van der Waals surface area contributed by atoms with Gasteiger partial charge in [0.25, 0.3) is 0 Å². The molecule has 2 aromatic rings. The number of hydrogen-bond acceptors (Lipinski definition) is 4. The third-order valence-corrected chi connectivity index (χ3v) is 4.83. The Bertz CT molecular complexity index is 794. The second-order valence-corrected chi connectivity index (χ2v) is 6.99. The van der Waals surface area contributed by atoms with E-state index in [0.29, 0.717) is 30.1 Å². The van der Waals surface area contributed by atoms with Crippen LogP contribution in [0.25, 0.3) is 0 Å². The number of amides is 2. The zero-order chi connectivity index (χ0) is 17.8. The summed E-state index contributed by atoms with van der Waals surface area (Å²) >= 11 is 1.27. The summed E-state index contributed by atoms with van der Waals surface area (Å²) in [6.07, 6.45) is 4.26. The van der Waals surface area contributed by atoms with Gasteiger partial charge in [-0.2, -0.15) is 0 Å². The number of rotatable bonds is 5. The maximum absolute atomic E-state index is 13.2. The topological polar surface area (TPSA) is 62.3 Å². The highest BCUT2D eigenvalue weighted by molar-refractivity contribution is 7.15. The van der Waals surface area contributed by atoms with Crippen molar-refractivity contribution in [2.45, 2.75) is 25.7 Å². The fourth-order valence-electron chi connectivity index (χ4n) is 2.66. The average Bonchev–Trinajstić information content (AvgIpc) is 3.00. The fraction of sp³-hybridized carbons (Fsp3) is 0.353. The number of carbonyl (C=O) groups is 2. The molecule has 0 aliphatic carbocycles. The van der Waals surface area contributed by atoms with Crippen LogP contribution in [-0.2, 0) is 16.0 Å². The minimum Gasteiger partial charge on any atom is -0.333 e. The molecule has 0 radical (unpaired) electrons. The van der Waals surface area contributed by atoms with Crippen molar-refractivity contribution < 1.29 is 18.4 Å². The molecule has 1 saturated heterocycles. The highest BCUT2D eigenvalue weighted by atomic mass is 32.1. The van der Waals surface area contributed by atoms with Crippen LogP contribution in [0.1, 0.15) is 29.7 Å². The van der Waals surface area contributed by atoms with E-state index in [1.165, 1.54) is 17.4 Å². The summed E-state index contributed by atoms with van der Waals surface area (Å²) in [5, 5.41) is 3.10. The van der Waals surface area contributed by atoms with E-state index in [2.05, 4.69) is 10.3 Å². The zero-order valence-electron chi connectivity index (χ0n) is 13.4. The van der Waals surface area contributed by atoms with Gasteiger partial charge in [0.15, 0.2) is 16.8 Å². The second kappa shape index (κ2) is 7.69. The van der Waals surface area contributed by atoms with Crippen LogP contribution in [0.4, 0.5) is 13.9 Å². The van der Waals surface area contributed by atoms with Gasteiger partial charge < -0.3 is 10.2 Å². The van der Waals surface area contributed by atoms with Gasteiger partial charge in [-0.05, 0) is 30.5 Å². The van der Waals surface area contributed by atoms with E-state index < -0.39 is 11.6 Å². The van der Waals surface area contributed by atoms with E-state index >= 15 is 0 Å². The Morgan fingerprint density at radius 3 is 2.88 bits per heavy atom. The van der Waals surface area contributed by atoms with Crippen LogP contribution in [0.5, 0.6) is 0 Å². The van der Waals surface area contributed by atoms with Gasteiger partial charge in [0.2, 0.25) is 11.8 Å². The molecule has 1 fully saturated rings. The molecule has 1 aliphatic heterocycles. The average molecular weight is 365 g/mol. The Morgan fingerprint density at radius 2 is 2.12 bits per heavy atom. The molecule has 1 aromatic heterocycles. The minimum absolute atomic E-state index is 0.000403. The number of aromatic nitrogens is 1. The van der Waals surface area contributed by atoms with E-state index in [-0.39, 0.29) is 18.4 Å². The molecular formula is C17H17F2N3O2S. The van der Waals surface area contributed by atoms with Gasteiger partial charge in [0.1, 0.15) is 0 Å². The maximum atomic E-state index is 13.2. The van der Waals surface area contributed by atoms with Crippen molar-refractivity contribution in [3.05, 3.63) is 46.5 Å². The smallest absolute Gasteiger partial charge is 0.245 e. The number of anilines is 1.